The van der Waals surface area contributed by atoms with Crippen molar-refractivity contribution in [1.82, 2.24) is 4.98 Å². The maximum Gasteiger partial charge on any atom is 0.244 e. The number of nitrogens with zero attached hydrogens (tertiary/aromatic N) is 1. The third-order valence-electron chi connectivity index (χ3n) is 5.61. The number of nitrogens with one attached hydrogen (secondary N) is 2. The highest BCUT2D eigenvalue weighted by atomic mass is 35.5. The van der Waals surface area contributed by atoms with Crippen molar-refractivity contribution in [2.75, 3.05) is 10.6 Å². The maximum atomic E-state index is 13.4. The second-order valence-corrected chi connectivity index (χ2v) is 11.2. The molecule has 9 heteroatoms. The van der Waals surface area contributed by atoms with Gasteiger partial charge in [0.05, 0.1) is 10.7 Å². The summed E-state index contributed by atoms with van der Waals surface area (Å²) in [4.78, 5) is 30.9. The quantitative estimate of drug-likeness (QED) is 0.217. The van der Waals surface area contributed by atoms with Gasteiger partial charge in [0.2, 0.25) is 11.8 Å². The molecule has 1 atom stereocenters. The molecule has 0 saturated heterocycles. The van der Waals surface area contributed by atoms with Crippen LogP contribution in [0.1, 0.15) is 23.7 Å². The van der Waals surface area contributed by atoms with E-state index >= 15 is 0 Å². The topological polar surface area (TPSA) is 71.1 Å². The molecule has 1 aliphatic carbocycles. The fourth-order valence-electron chi connectivity index (χ4n) is 3.57. The van der Waals surface area contributed by atoms with Gasteiger partial charge in [0.15, 0.2) is 5.13 Å². The van der Waals surface area contributed by atoms with Crippen LogP contribution in [0.5, 0.6) is 0 Å². The van der Waals surface area contributed by atoms with E-state index in [9.17, 15) is 9.59 Å². The summed E-state index contributed by atoms with van der Waals surface area (Å²) in [5.41, 5.74) is 3.06. The van der Waals surface area contributed by atoms with E-state index in [1.807, 2.05) is 66.0 Å². The first-order valence-corrected chi connectivity index (χ1v) is 13.8. The van der Waals surface area contributed by atoms with Crippen molar-refractivity contribution in [1.29, 1.82) is 0 Å². The summed E-state index contributed by atoms with van der Waals surface area (Å²) in [6.07, 6.45) is 1.92. The summed E-state index contributed by atoms with van der Waals surface area (Å²) in [6, 6.07) is 22.4. The molecule has 4 aromatic rings. The number of thioether (sulfide) groups is 1. The number of thiazole rings is 1. The van der Waals surface area contributed by atoms with Crippen molar-refractivity contribution in [3.63, 3.8) is 0 Å². The Kier molecular flexibility index (Phi) is 7.62. The van der Waals surface area contributed by atoms with Crippen molar-refractivity contribution >= 4 is 68.9 Å². The molecule has 5 rings (SSSR count). The van der Waals surface area contributed by atoms with Crippen LogP contribution in [0.15, 0.2) is 83.1 Å². The van der Waals surface area contributed by atoms with Crippen LogP contribution in [0.4, 0.5) is 10.8 Å². The van der Waals surface area contributed by atoms with Crippen LogP contribution in [0, 0.1) is 5.92 Å². The van der Waals surface area contributed by atoms with Crippen molar-refractivity contribution < 1.29 is 9.59 Å². The molecule has 1 aliphatic rings. The Balaban J connectivity index is 1.31. The number of benzene rings is 3. The Labute approximate surface area is 227 Å². The molecule has 0 aliphatic heterocycles. The number of anilines is 2. The largest absolute Gasteiger partial charge is 0.326 e. The van der Waals surface area contributed by atoms with Gasteiger partial charge in [0.1, 0.15) is 5.25 Å². The lowest BCUT2D eigenvalue weighted by Crippen LogP contribution is -2.19. The Morgan fingerprint density at radius 3 is 2.42 bits per heavy atom. The van der Waals surface area contributed by atoms with Crippen LogP contribution in [0.25, 0.3) is 11.3 Å². The monoisotopic (exact) mass is 553 g/mol. The summed E-state index contributed by atoms with van der Waals surface area (Å²) in [6.45, 7) is 0. The van der Waals surface area contributed by atoms with Gasteiger partial charge in [-0.25, -0.2) is 4.98 Å². The first kappa shape index (κ1) is 24.8. The second-order valence-electron chi connectivity index (χ2n) is 8.35. The van der Waals surface area contributed by atoms with Gasteiger partial charge in [0.25, 0.3) is 0 Å². The molecule has 1 unspecified atom stereocenters. The predicted molar refractivity (Wildman–Crippen MR) is 149 cm³/mol. The van der Waals surface area contributed by atoms with Crippen molar-refractivity contribution in [2.24, 2.45) is 5.92 Å². The Bertz CT molecular complexity index is 1390. The molecule has 5 nitrogen and oxygen atoms in total. The number of halogens is 2. The SMILES string of the molecule is O=C(Nc1ccc(SC(C(=O)Nc2nc(-c3ccc(Cl)cc3Cl)cs2)c2ccccc2)cc1)C1CC1. The zero-order chi connectivity index (χ0) is 25.1. The van der Waals surface area contributed by atoms with Gasteiger partial charge in [-0.3, -0.25) is 9.59 Å². The molecule has 0 spiro atoms. The van der Waals surface area contributed by atoms with Gasteiger partial charge < -0.3 is 10.6 Å². The molecule has 0 radical (unpaired) electrons. The van der Waals surface area contributed by atoms with Crippen molar-refractivity contribution in [3.8, 4) is 11.3 Å². The summed E-state index contributed by atoms with van der Waals surface area (Å²) in [5, 5.41) is 8.80. The van der Waals surface area contributed by atoms with Gasteiger partial charge in [0, 0.05) is 32.5 Å². The number of carbonyl (C=O) groups is 2. The van der Waals surface area contributed by atoms with Crippen LogP contribution in [0.2, 0.25) is 10.0 Å². The average molecular weight is 555 g/mol. The molecule has 36 heavy (non-hydrogen) atoms. The van der Waals surface area contributed by atoms with Gasteiger partial charge in [-0.05, 0) is 60.9 Å². The smallest absolute Gasteiger partial charge is 0.244 e. The first-order chi connectivity index (χ1) is 17.5. The third kappa shape index (κ3) is 6.10. The molecule has 3 aromatic carbocycles. The highest BCUT2D eigenvalue weighted by molar-refractivity contribution is 8.00. The normalized spacial score (nSPS) is 13.7. The number of hydrogen-bond donors (Lipinski definition) is 2. The van der Waals surface area contributed by atoms with Crippen molar-refractivity contribution in [3.05, 3.63) is 93.8 Å². The number of carbonyl (C=O) groups excluding carboxylic acids is 2. The Hall–Kier alpha value is -2.84. The van der Waals surface area contributed by atoms with Gasteiger partial charge in [-0.1, -0.05) is 53.5 Å². The zero-order valence-corrected chi connectivity index (χ0v) is 22.1. The Morgan fingerprint density at radius 1 is 0.972 bits per heavy atom. The molecule has 2 N–H and O–H groups in total. The zero-order valence-electron chi connectivity index (χ0n) is 18.9. The number of aromatic nitrogens is 1. The van der Waals surface area contributed by atoms with Crippen LogP contribution in [-0.2, 0) is 9.59 Å². The molecule has 1 saturated carbocycles. The van der Waals surface area contributed by atoms with Crippen molar-refractivity contribution in [2.45, 2.75) is 23.0 Å². The van der Waals surface area contributed by atoms with E-state index in [-0.39, 0.29) is 17.7 Å². The number of amides is 2. The van der Waals surface area contributed by atoms with Gasteiger partial charge in [-0.15, -0.1) is 23.1 Å². The van der Waals surface area contributed by atoms with E-state index < -0.39 is 5.25 Å². The lowest BCUT2D eigenvalue weighted by Gasteiger charge is -2.16. The fourth-order valence-corrected chi connectivity index (χ4v) is 5.81. The highest BCUT2D eigenvalue weighted by Gasteiger charge is 2.29. The van der Waals surface area contributed by atoms with E-state index in [1.165, 1.54) is 23.1 Å². The molecular formula is C27H21Cl2N3O2S2. The molecule has 182 valence electrons. The van der Waals surface area contributed by atoms with Crippen LogP contribution in [0.3, 0.4) is 0 Å². The van der Waals surface area contributed by atoms with Crippen LogP contribution < -0.4 is 10.6 Å². The predicted octanol–water partition coefficient (Wildman–Crippen LogP) is 7.94. The lowest BCUT2D eigenvalue weighted by atomic mass is 10.1. The summed E-state index contributed by atoms with van der Waals surface area (Å²) in [7, 11) is 0. The van der Waals surface area contributed by atoms with E-state index in [4.69, 9.17) is 23.2 Å². The van der Waals surface area contributed by atoms with E-state index in [2.05, 4.69) is 15.6 Å². The summed E-state index contributed by atoms with van der Waals surface area (Å²) in [5.74, 6) is 0.0346. The van der Waals surface area contributed by atoms with E-state index in [0.717, 1.165) is 34.6 Å². The lowest BCUT2D eigenvalue weighted by molar-refractivity contribution is -0.117. The van der Waals surface area contributed by atoms with E-state index in [0.29, 0.717) is 20.9 Å². The summed E-state index contributed by atoms with van der Waals surface area (Å²) >= 11 is 15.1. The average Bonchev–Trinajstić information content (AvgIpc) is 3.64. The van der Waals surface area contributed by atoms with E-state index in [1.54, 1.807) is 12.1 Å². The van der Waals surface area contributed by atoms with Crippen LogP contribution >= 0.6 is 46.3 Å². The minimum Gasteiger partial charge on any atom is -0.326 e. The van der Waals surface area contributed by atoms with Gasteiger partial charge in [-0.2, -0.15) is 0 Å². The first-order valence-electron chi connectivity index (χ1n) is 11.3. The highest BCUT2D eigenvalue weighted by Crippen LogP contribution is 2.38. The molecule has 0 bridgehead atoms. The third-order valence-corrected chi connectivity index (χ3v) is 8.18. The maximum absolute atomic E-state index is 13.4. The molecule has 1 aromatic heterocycles. The second kappa shape index (κ2) is 11.0. The minimum atomic E-state index is -0.496. The standard InChI is InChI=1S/C27H21Cl2N3O2S2/c28-18-8-13-21(22(29)14-18)23-15-35-27(31-23)32-26(34)24(16-4-2-1-3-5-16)36-20-11-9-19(10-12-20)30-25(33)17-6-7-17/h1-5,8-15,17,24H,6-7H2,(H,30,33)(H,31,32,34). The number of rotatable bonds is 8. The van der Waals surface area contributed by atoms with Gasteiger partial charge >= 0.3 is 0 Å². The molecule has 1 fully saturated rings. The molecule has 1 heterocycles. The minimum absolute atomic E-state index is 0.0691. The molecule has 2 amide bonds. The number of hydrogen-bond acceptors (Lipinski definition) is 5. The molecular weight excluding hydrogens is 533 g/mol. The summed E-state index contributed by atoms with van der Waals surface area (Å²) < 4.78 is 0. The Morgan fingerprint density at radius 2 is 1.72 bits per heavy atom. The fraction of sp³-hybridized carbons (Fsp3) is 0.148. The van der Waals surface area contributed by atoms with Crippen LogP contribution in [-0.4, -0.2) is 16.8 Å².